The van der Waals surface area contributed by atoms with Crippen LogP contribution in [0, 0.1) is 0 Å². The maximum Gasteiger partial charge on any atom is 0.130 e. The minimum atomic E-state index is 0. The molecule has 4 rings (SSSR count). The maximum absolute atomic E-state index is 4.56. The van der Waals surface area contributed by atoms with Crippen molar-refractivity contribution in [3.63, 3.8) is 0 Å². The van der Waals surface area contributed by atoms with Gasteiger partial charge in [0.25, 0.3) is 0 Å². The number of hydrogen-bond acceptors (Lipinski definition) is 2. The molecule has 0 fully saturated rings. The van der Waals surface area contributed by atoms with Crippen LogP contribution in [0.1, 0.15) is 5.56 Å². The van der Waals surface area contributed by atoms with Gasteiger partial charge in [-0.3, -0.25) is 4.99 Å². The third kappa shape index (κ3) is 2.27. The standard InChI is InChI=1S/C16H15N3.2ClH/c1-19-14-8-3-2-5-11(14)12-6-4-7-13(15(12)19)16-17-9-10-18-16;;/h2-8H,9-10H2,1H3,(H,17,18);2*1H. The van der Waals surface area contributed by atoms with E-state index in [0.717, 1.165) is 18.9 Å². The fourth-order valence-corrected chi connectivity index (χ4v) is 3.01. The van der Waals surface area contributed by atoms with E-state index in [-0.39, 0.29) is 24.8 Å². The monoisotopic (exact) mass is 321 g/mol. The number of fused-ring (bicyclic) bond motifs is 3. The van der Waals surface area contributed by atoms with Crippen molar-refractivity contribution < 1.29 is 0 Å². The van der Waals surface area contributed by atoms with Crippen LogP contribution in [0.4, 0.5) is 0 Å². The van der Waals surface area contributed by atoms with E-state index in [1.54, 1.807) is 0 Å². The fourth-order valence-electron chi connectivity index (χ4n) is 3.01. The van der Waals surface area contributed by atoms with Gasteiger partial charge in [0.05, 0.1) is 12.1 Å². The minimum Gasteiger partial charge on any atom is -0.368 e. The van der Waals surface area contributed by atoms with Gasteiger partial charge in [0, 0.05) is 35.4 Å². The minimum absolute atomic E-state index is 0. The Morgan fingerprint density at radius 1 is 1.00 bits per heavy atom. The van der Waals surface area contributed by atoms with Crippen LogP contribution in [0.2, 0.25) is 0 Å². The Kier molecular flexibility index (Phi) is 4.45. The summed E-state index contributed by atoms with van der Waals surface area (Å²) in [6.45, 7) is 1.81. The molecule has 0 unspecified atom stereocenters. The molecule has 110 valence electrons. The number of aliphatic imine (C=N–C) groups is 1. The summed E-state index contributed by atoms with van der Waals surface area (Å²) in [5.74, 6) is 1.02. The van der Waals surface area contributed by atoms with Gasteiger partial charge in [-0.1, -0.05) is 30.3 Å². The highest BCUT2D eigenvalue weighted by atomic mass is 35.5. The lowest BCUT2D eigenvalue weighted by atomic mass is 10.1. The smallest absolute Gasteiger partial charge is 0.130 e. The molecule has 0 saturated heterocycles. The fraction of sp³-hybridized carbons (Fsp3) is 0.188. The summed E-state index contributed by atoms with van der Waals surface area (Å²) in [5, 5.41) is 5.98. The molecule has 0 bridgehead atoms. The van der Waals surface area contributed by atoms with Crippen molar-refractivity contribution >= 4 is 52.5 Å². The molecule has 2 aromatic carbocycles. The van der Waals surface area contributed by atoms with E-state index in [4.69, 9.17) is 0 Å². The molecule has 3 aromatic rings. The van der Waals surface area contributed by atoms with Gasteiger partial charge in [-0.25, -0.2) is 0 Å². The van der Waals surface area contributed by atoms with Crippen molar-refractivity contribution in [2.75, 3.05) is 13.1 Å². The average Bonchev–Trinajstić information content (AvgIpc) is 3.08. The summed E-state index contributed by atoms with van der Waals surface area (Å²) in [6, 6.07) is 15.0. The predicted molar refractivity (Wildman–Crippen MR) is 94.3 cm³/mol. The summed E-state index contributed by atoms with van der Waals surface area (Å²) in [7, 11) is 2.13. The van der Waals surface area contributed by atoms with Gasteiger partial charge in [0.2, 0.25) is 0 Å². The maximum atomic E-state index is 4.56. The lowest BCUT2D eigenvalue weighted by Gasteiger charge is -2.06. The predicted octanol–water partition coefficient (Wildman–Crippen LogP) is 3.52. The zero-order chi connectivity index (χ0) is 12.8. The molecule has 1 aliphatic heterocycles. The number of para-hydroxylation sites is 2. The summed E-state index contributed by atoms with van der Waals surface area (Å²) in [6.07, 6.45) is 0. The second-order valence-corrected chi connectivity index (χ2v) is 4.94. The molecule has 0 radical (unpaired) electrons. The Balaban J connectivity index is 0.000000807. The van der Waals surface area contributed by atoms with E-state index in [1.807, 2.05) is 0 Å². The van der Waals surface area contributed by atoms with Crippen LogP contribution in [0.3, 0.4) is 0 Å². The molecule has 0 amide bonds. The van der Waals surface area contributed by atoms with Gasteiger partial charge in [0.1, 0.15) is 5.84 Å². The Hall–Kier alpha value is -1.71. The van der Waals surface area contributed by atoms with E-state index in [2.05, 4.69) is 64.4 Å². The molecule has 1 N–H and O–H groups in total. The van der Waals surface area contributed by atoms with Gasteiger partial charge in [-0.15, -0.1) is 24.8 Å². The summed E-state index contributed by atoms with van der Waals surface area (Å²) in [5.41, 5.74) is 3.73. The number of nitrogens with zero attached hydrogens (tertiary/aromatic N) is 2. The van der Waals surface area contributed by atoms with Gasteiger partial charge in [0.15, 0.2) is 0 Å². The summed E-state index contributed by atoms with van der Waals surface area (Å²) in [4.78, 5) is 4.56. The molecule has 5 heteroatoms. The Bertz CT molecular complexity index is 821. The second kappa shape index (κ2) is 5.96. The number of halogens is 2. The highest BCUT2D eigenvalue weighted by molar-refractivity contribution is 6.17. The number of aromatic nitrogens is 1. The normalized spacial score (nSPS) is 13.5. The van der Waals surface area contributed by atoms with Crippen LogP contribution in [-0.2, 0) is 7.05 Å². The first-order valence-electron chi connectivity index (χ1n) is 6.61. The van der Waals surface area contributed by atoms with Crippen molar-refractivity contribution in [3.8, 4) is 0 Å². The largest absolute Gasteiger partial charge is 0.368 e. The third-order valence-electron chi connectivity index (χ3n) is 3.86. The first kappa shape index (κ1) is 15.7. The van der Waals surface area contributed by atoms with E-state index < -0.39 is 0 Å². The van der Waals surface area contributed by atoms with Gasteiger partial charge in [-0.05, 0) is 12.1 Å². The topological polar surface area (TPSA) is 29.3 Å². The molecule has 21 heavy (non-hydrogen) atoms. The lowest BCUT2D eigenvalue weighted by Crippen LogP contribution is -2.20. The number of benzene rings is 2. The Morgan fingerprint density at radius 3 is 2.52 bits per heavy atom. The molecule has 2 heterocycles. The van der Waals surface area contributed by atoms with Crippen molar-refractivity contribution in [1.29, 1.82) is 0 Å². The highest BCUT2D eigenvalue weighted by Gasteiger charge is 2.16. The van der Waals surface area contributed by atoms with E-state index in [0.29, 0.717) is 0 Å². The molecule has 0 atom stereocenters. The summed E-state index contributed by atoms with van der Waals surface area (Å²) >= 11 is 0. The first-order chi connectivity index (χ1) is 9.36. The molecule has 0 aliphatic carbocycles. The number of amidine groups is 1. The molecule has 3 nitrogen and oxygen atoms in total. The number of aryl methyl sites for hydroxylation is 1. The Morgan fingerprint density at radius 2 is 1.76 bits per heavy atom. The molecule has 1 aromatic heterocycles. The summed E-state index contributed by atoms with van der Waals surface area (Å²) < 4.78 is 2.27. The van der Waals surface area contributed by atoms with Crippen molar-refractivity contribution in [3.05, 3.63) is 48.0 Å². The number of rotatable bonds is 1. The van der Waals surface area contributed by atoms with Crippen molar-refractivity contribution in [1.82, 2.24) is 9.88 Å². The van der Waals surface area contributed by atoms with Crippen molar-refractivity contribution in [2.45, 2.75) is 0 Å². The highest BCUT2D eigenvalue weighted by Crippen LogP contribution is 2.30. The zero-order valence-corrected chi connectivity index (χ0v) is 13.3. The van der Waals surface area contributed by atoms with E-state index >= 15 is 0 Å². The Labute approximate surface area is 135 Å². The number of nitrogens with one attached hydrogen (secondary N) is 1. The SMILES string of the molecule is Cl.Cl.Cn1c2ccccc2c2cccc(C3=NCCN3)c21. The van der Waals surface area contributed by atoms with Gasteiger partial charge in [-0.2, -0.15) is 0 Å². The second-order valence-electron chi connectivity index (χ2n) is 4.94. The first-order valence-corrected chi connectivity index (χ1v) is 6.61. The number of hydrogen-bond donors (Lipinski definition) is 1. The van der Waals surface area contributed by atoms with Crippen LogP contribution < -0.4 is 5.32 Å². The van der Waals surface area contributed by atoms with Crippen molar-refractivity contribution in [2.24, 2.45) is 12.0 Å². The van der Waals surface area contributed by atoms with Crippen LogP contribution >= 0.6 is 24.8 Å². The van der Waals surface area contributed by atoms with Gasteiger partial charge < -0.3 is 9.88 Å². The van der Waals surface area contributed by atoms with Crippen LogP contribution in [0.15, 0.2) is 47.5 Å². The molecular formula is C16H17Cl2N3. The van der Waals surface area contributed by atoms with Crippen LogP contribution in [0.5, 0.6) is 0 Å². The van der Waals surface area contributed by atoms with E-state index in [9.17, 15) is 0 Å². The lowest BCUT2D eigenvalue weighted by molar-refractivity contribution is 0.959. The third-order valence-corrected chi connectivity index (χ3v) is 3.86. The van der Waals surface area contributed by atoms with Crippen LogP contribution in [0.25, 0.3) is 21.8 Å². The van der Waals surface area contributed by atoms with E-state index in [1.165, 1.54) is 27.4 Å². The quantitative estimate of drug-likeness (QED) is 0.730. The van der Waals surface area contributed by atoms with Crippen LogP contribution in [-0.4, -0.2) is 23.5 Å². The molecular weight excluding hydrogens is 305 g/mol. The average molecular weight is 322 g/mol. The van der Waals surface area contributed by atoms with Gasteiger partial charge >= 0.3 is 0 Å². The molecule has 1 aliphatic rings. The molecule has 0 spiro atoms. The molecule has 0 saturated carbocycles. The zero-order valence-electron chi connectivity index (χ0n) is 11.7.